The minimum atomic E-state index is -0.554. The van der Waals surface area contributed by atoms with Crippen LogP contribution in [0.25, 0.3) is 0 Å². The normalized spacial score (nSPS) is 10.4. The van der Waals surface area contributed by atoms with Crippen LogP contribution in [0.4, 0.5) is 15.8 Å². The molecule has 0 unspecified atom stereocenters. The summed E-state index contributed by atoms with van der Waals surface area (Å²) in [6, 6.07) is 9.72. The fourth-order valence-corrected chi connectivity index (χ4v) is 2.61. The quantitative estimate of drug-likeness (QED) is 0.852. The van der Waals surface area contributed by atoms with Gasteiger partial charge in [0.1, 0.15) is 5.82 Å². The van der Waals surface area contributed by atoms with E-state index in [4.69, 9.17) is 11.6 Å². The van der Waals surface area contributed by atoms with Crippen LogP contribution in [0.1, 0.15) is 24.5 Å². The van der Waals surface area contributed by atoms with Crippen molar-refractivity contribution in [2.45, 2.75) is 27.2 Å². The minimum absolute atomic E-state index is 0.0661. The monoisotopic (exact) mass is 362 g/mol. The molecule has 2 aromatic rings. The highest BCUT2D eigenvalue weighted by molar-refractivity contribution is 6.31. The number of rotatable bonds is 5. The number of carbonyl (C=O) groups excluding carboxylic acids is 2. The van der Waals surface area contributed by atoms with E-state index in [0.717, 1.165) is 16.8 Å². The highest BCUT2D eigenvalue weighted by atomic mass is 35.5. The molecule has 6 heteroatoms. The molecule has 0 heterocycles. The second-order valence-electron chi connectivity index (χ2n) is 5.81. The fourth-order valence-electron chi connectivity index (χ4n) is 2.43. The summed E-state index contributed by atoms with van der Waals surface area (Å²) in [5.41, 5.74) is 3.30. The molecule has 0 saturated carbocycles. The molecule has 2 rings (SSSR count). The van der Waals surface area contributed by atoms with Crippen LogP contribution >= 0.6 is 11.6 Å². The lowest BCUT2D eigenvalue weighted by atomic mass is 10.1. The Balaban J connectivity index is 2.05. The molecule has 2 aromatic carbocycles. The van der Waals surface area contributed by atoms with E-state index in [1.807, 2.05) is 32.0 Å². The molecule has 0 spiro atoms. The van der Waals surface area contributed by atoms with Crippen molar-refractivity contribution in [2.24, 2.45) is 0 Å². The molecular weight excluding hydrogens is 343 g/mol. The molecule has 25 heavy (non-hydrogen) atoms. The molecule has 0 aliphatic heterocycles. The van der Waals surface area contributed by atoms with Gasteiger partial charge in [-0.1, -0.05) is 23.7 Å². The van der Waals surface area contributed by atoms with Crippen LogP contribution in [0.2, 0.25) is 5.02 Å². The summed E-state index contributed by atoms with van der Waals surface area (Å²) in [6.07, 6.45) is 0.113. The van der Waals surface area contributed by atoms with Gasteiger partial charge in [0.15, 0.2) is 0 Å². The molecule has 4 nitrogen and oxygen atoms in total. The zero-order chi connectivity index (χ0) is 18.6. The number of nitrogens with zero attached hydrogens (tertiary/aromatic N) is 1. The number of anilines is 2. The van der Waals surface area contributed by atoms with Gasteiger partial charge in [-0.05, 0) is 49.2 Å². The van der Waals surface area contributed by atoms with E-state index in [1.54, 1.807) is 0 Å². The Bertz CT molecular complexity index is 808. The van der Waals surface area contributed by atoms with Crippen LogP contribution in [0.5, 0.6) is 0 Å². The Kier molecular flexibility index (Phi) is 6.15. The summed E-state index contributed by atoms with van der Waals surface area (Å²) in [7, 11) is 0. The molecule has 2 amide bonds. The summed E-state index contributed by atoms with van der Waals surface area (Å²) >= 11 is 5.77. The van der Waals surface area contributed by atoms with Crippen molar-refractivity contribution in [3.05, 3.63) is 58.4 Å². The summed E-state index contributed by atoms with van der Waals surface area (Å²) in [4.78, 5) is 25.5. The predicted molar refractivity (Wildman–Crippen MR) is 98.6 cm³/mol. The van der Waals surface area contributed by atoms with Crippen LogP contribution in [-0.4, -0.2) is 18.4 Å². The number of amides is 2. The van der Waals surface area contributed by atoms with E-state index in [0.29, 0.717) is 5.69 Å². The third-order valence-corrected chi connectivity index (χ3v) is 4.33. The molecule has 0 bridgehead atoms. The van der Waals surface area contributed by atoms with Crippen molar-refractivity contribution >= 4 is 34.8 Å². The Morgan fingerprint density at radius 1 is 1.20 bits per heavy atom. The predicted octanol–water partition coefficient (Wildman–Crippen LogP) is 4.48. The second-order valence-corrected chi connectivity index (χ2v) is 6.22. The molecule has 0 radical (unpaired) electrons. The first-order valence-corrected chi connectivity index (χ1v) is 8.26. The lowest BCUT2D eigenvalue weighted by molar-refractivity contribution is -0.117. The molecule has 132 valence electrons. The van der Waals surface area contributed by atoms with Gasteiger partial charge in [-0.3, -0.25) is 9.59 Å². The topological polar surface area (TPSA) is 49.4 Å². The van der Waals surface area contributed by atoms with Gasteiger partial charge in [0.2, 0.25) is 11.8 Å². The SMILES string of the molecule is CC(=O)N(CCC(=O)Nc1cccc(C)c1C)c1ccc(F)c(Cl)c1. The van der Waals surface area contributed by atoms with Gasteiger partial charge in [-0.2, -0.15) is 0 Å². The Hall–Kier alpha value is -2.40. The number of halogens is 2. The molecule has 0 aromatic heterocycles. The van der Waals surface area contributed by atoms with Crippen molar-refractivity contribution in [1.82, 2.24) is 0 Å². The first kappa shape index (κ1) is 18.9. The zero-order valence-corrected chi connectivity index (χ0v) is 15.2. The molecule has 0 saturated heterocycles. The Labute approximate surface area is 151 Å². The van der Waals surface area contributed by atoms with E-state index in [2.05, 4.69) is 5.32 Å². The van der Waals surface area contributed by atoms with E-state index in [9.17, 15) is 14.0 Å². The number of aryl methyl sites for hydroxylation is 1. The largest absolute Gasteiger partial charge is 0.326 e. The Morgan fingerprint density at radius 2 is 1.92 bits per heavy atom. The van der Waals surface area contributed by atoms with Gasteiger partial charge in [0.05, 0.1) is 5.02 Å². The van der Waals surface area contributed by atoms with Crippen molar-refractivity contribution in [1.29, 1.82) is 0 Å². The molecule has 0 atom stereocenters. The zero-order valence-electron chi connectivity index (χ0n) is 14.4. The van der Waals surface area contributed by atoms with Crippen molar-refractivity contribution in [3.8, 4) is 0 Å². The number of hydrogen-bond acceptors (Lipinski definition) is 2. The first-order valence-electron chi connectivity index (χ1n) is 7.89. The summed E-state index contributed by atoms with van der Waals surface area (Å²) in [6.45, 7) is 5.47. The fraction of sp³-hybridized carbons (Fsp3) is 0.263. The molecular formula is C19H20ClFN2O2. The average Bonchev–Trinajstić information content (AvgIpc) is 2.55. The first-order chi connectivity index (χ1) is 11.8. The van der Waals surface area contributed by atoms with Gasteiger partial charge >= 0.3 is 0 Å². The number of benzene rings is 2. The van der Waals surface area contributed by atoms with Crippen molar-refractivity contribution in [2.75, 3.05) is 16.8 Å². The molecule has 1 N–H and O–H groups in total. The molecule has 0 aliphatic rings. The van der Waals surface area contributed by atoms with Gasteiger partial charge < -0.3 is 10.2 Å². The van der Waals surface area contributed by atoms with Crippen LogP contribution in [-0.2, 0) is 9.59 Å². The second kappa shape index (κ2) is 8.12. The third kappa shape index (κ3) is 4.79. The molecule has 0 aliphatic carbocycles. The summed E-state index contributed by atoms with van der Waals surface area (Å²) in [5.74, 6) is -1.00. The van der Waals surface area contributed by atoms with Crippen molar-refractivity contribution in [3.63, 3.8) is 0 Å². The van der Waals surface area contributed by atoms with Gasteiger partial charge in [-0.15, -0.1) is 0 Å². The van der Waals surface area contributed by atoms with Crippen LogP contribution in [0.3, 0.4) is 0 Å². The highest BCUT2D eigenvalue weighted by Crippen LogP contribution is 2.23. The third-order valence-electron chi connectivity index (χ3n) is 4.04. The van der Waals surface area contributed by atoms with Gasteiger partial charge in [0, 0.05) is 31.3 Å². The van der Waals surface area contributed by atoms with E-state index >= 15 is 0 Å². The van der Waals surface area contributed by atoms with Crippen LogP contribution in [0, 0.1) is 19.7 Å². The number of carbonyl (C=O) groups is 2. The van der Waals surface area contributed by atoms with E-state index in [1.165, 1.54) is 30.0 Å². The van der Waals surface area contributed by atoms with E-state index < -0.39 is 5.82 Å². The summed E-state index contributed by atoms with van der Waals surface area (Å²) < 4.78 is 13.3. The van der Waals surface area contributed by atoms with Gasteiger partial charge in [-0.25, -0.2) is 4.39 Å². The minimum Gasteiger partial charge on any atom is -0.326 e. The highest BCUT2D eigenvalue weighted by Gasteiger charge is 2.15. The average molecular weight is 363 g/mol. The summed E-state index contributed by atoms with van der Waals surface area (Å²) in [5, 5.41) is 2.79. The van der Waals surface area contributed by atoms with Gasteiger partial charge in [0.25, 0.3) is 0 Å². The van der Waals surface area contributed by atoms with Crippen molar-refractivity contribution < 1.29 is 14.0 Å². The van der Waals surface area contributed by atoms with Crippen LogP contribution in [0.15, 0.2) is 36.4 Å². The smallest absolute Gasteiger partial charge is 0.226 e. The maximum Gasteiger partial charge on any atom is 0.226 e. The van der Waals surface area contributed by atoms with Crippen LogP contribution < -0.4 is 10.2 Å². The maximum atomic E-state index is 13.3. The molecule has 0 fully saturated rings. The van der Waals surface area contributed by atoms with E-state index in [-0.39, 0.29) is 29.8 Å². The Morgan fingerprint density at radius 3 is 2.56 bits per heavy atom. The lowest BCUT2D eigenvalue weighted by Crippen LogP contribution is -2.32. The number of hydrogen-bond donors (Lipinski definition) is 1. The maximum absolute atomic E-state index is 13.3. The number of nitrogens with one attached hydrogen (secondary N) is 1. The lowest BCUT2D eigenvalue weighted by Gasteiger charge is -2.21. The standard InChI is InChI=1S/C19H20ClFN2O2/c1-12-5-4-6-18(13(12)2)22-19(25)9-10-23(14(3)24)15-7-8-17(21)16(20)11-15/h4-8,11H,9-10H2,1-3H3,(H,22,25).